The first-order chi connectivity index (χ1) is 9.81. The lowest BCUT2D eigenvalue weighted by atomic mass is 10.0. The molecule has 0 fully saturated rings. The second kappa shape index (κ2) is 5.51. The second-order valence-electron chi connectivity index (χ2n) is 4.05. The maximum atomic E-state index is 14.0. The molecule has 0 saturated carbocycles. The fourth-order valence-corrected chi connectivity index (χ4v) is 1.79. The number of phenolic OH excluding ortho intramolecular Hbond substituents is 1. The number of rotatable bonds is 3. The van der Waals surface area contributed by atoms with Crippen molar-refractivity contribution in [3.63, 3.8) is 0 Å². The monoisotopic (exact) mass is 302 g/mol. The van der Waals surface area contributed by atoms with E-state index in [1.807, 2.05) is 0 Å². The Kier molecular flexibility index (Phi) is 3.93. The average Bonchev–Trinajstić information content (AvgIpc) is 2.40. The summed E-state index contributed by atoms with van der Waals surface area (Å²) in [6.45, 7) is 0. The number of benzene rings is 2. The Hall–Kier alpha value is -2.44. The van der Waals surface area contributed by atoms with Crippen molar-refractivity contribution in [2.45, 2.75) is 6.36 Å². The molecule has 0 spiro atoms. The van der Waals surface area contributed by atoms with Gasteiger partial charge >= 0.3 is 6.36 Å². The minimum Gasteiger partial charge on any atom is -0.504 e. The van der Waals surface area contributed by atoms with Gasteiger partial charge in [-0.25, -0.2) is 4.39 Å². The minimum absolute atomic E-state index is 0.0115. The van der Waals surface area contributed by atoms with Gasteiger partial charge in [0.05, 0.1) is 7.11 Å². The SMILES string of the molecule is COc1cccc(-c2ccc(OC(F)(F)F)c(O)c2)c1F. The number of alkyl halides is 3. The lowest BCUT2D eigenvalue weighted by Gasteiger charge is -2.12. The Morgan fingerprint density at radius 3 is 2.33 bits per heavy atom. The first-order valence-electron chi connectivity index (χ1n) is 5.73. The fourth-order valence-electron chi connectivity index (χ4n) is 1.79. The van der Waals surface area contributed by atoms with Crippen LogP contribution in [-0.2, 0) is 0 Å². The van der Waals surface area contributed by atoms with E-state index >= 15 is 0 Å². The summed E-state index contributed by atoms with van der Waals surface area (Å²) in [7, 11) is 1.29. The largest absolute Gasteiger partial charge is 0.573 e. The van der Waals surface area contributed by atoms with Crippen LogP contribution in [0.3, 0.4) is 0 Å². The van der Waals surface area contributed by atoms with Gasteiger partial charge in [-0.3, -0.25) is 0 Å². The van der Waals surface area contributed by atoms with Crippen LogP contribution in [0.15, 0.2) is 36.4 Å². The zero-order chi connectivity index (χ0) is 15.6. The van der Waals surface area contributed by atoms with E-state index in [0.29, 0.717) is 0 Å². The summed E-state index contributed by atoms with van der Waals surface area (Å²) in [6.07, 6.45) is -4.92. The molecule has 0 atom stereocenters. The number of aromatic hydroxyl groups is 1. The standard InChI is InChI=1S/C14H10F4O3/c1-20-12-4-2-3-9(13(12)15)8-5-6-11(10(19)7-8)21-14(16,17)18/h2-7,19H,1H3. The lowest BCUT2D eigenvalue weighted by molar-refractivity contribution is -0.275. The molecular weight excluding hydrogens is 292 g/mol. The average molecular weight is 302 g/mol. The van der Waals surface area contributed by atoms with E-state index in [0.717, 1.165) is 12.1 Å². The van der Waals surface area contributed by atoms with Gasteiger partial charge in [0.2, 0.25) is 0 Å². The summed E-state index contributed by atoms with van der Waals surface area (Å²) in [5.41, 5.74) is 0.279. The molecule has 0 saturated heterocycles. The van der Waals surface area contributed by atoms with E-state index in [4.69, 9.17) is 4.74 Å². The van der Waals surface area contributed by atoms with Gasteiger partial charge in [0.15, 0.2) is 23.1 Å². The van der Waals surface area contributed by atoms with Gasteiger partial charge in [-0.15, -0.1) is 13.2 Å². The van der Waals surface area contributed by atoms with Gasteiger partial charge in [0.1, 0.15) is 0 Å². The predicted molar refractivity (Wildman–Crippen MR) is 66.7 cm³/mol. The molecule has 1 N–H and O–H groups in total. The van der Waals surface area contributed by atoms with Crippen LogP contribution in [0.4, 0.5) is 17.6 Å². The van der Waals surface area contributed by atoms with Crippen LogP contribution in [0.25, 0.3) is 11.1 Å². The zero-order valence-corrected chi connectivity index (χ0v) is 10.7. The van der Waals surface area contributed by atoms with Crippen molar-refractivity contribution in [2.24, 2.45) is 0 Å². The molecule has 2 aromatic carbocycles. The number of methoxy groups -OCH3 is 1. The summed E-state index contributed by atoms with van der Waals surface area (Å²) in [6, 6.07) is 7.44. The molecule has 0 aliphatic rings. The van der Waals surface area contributed by atoms with Crippen molar-refractivity contribution >= 4 is 0 Å². The quantitative estimate of drug-likeness (QED) is 0.867. The van der Waals surface area contributed by atoms with E-state index < -0.39 is 23.7 Å². The van der Waals surface area contributed by atoms with Crippen LogP contribution in [0.2, 0.25) is 0 Å². The molecule has 0 unspecified atom stereocenters. The summed E-state index contributed by atoms with van der Waals surface area (Å²) in [5.74, 6) is -2.19. The topological polar surface area (TPSA) is 38.7 Å². The molecule has 112 valence electrons. The summed E-state index contributed by atoms with van der Waals surface area (Å²) in [5, 5.41) is 9.55. The zero-order valence-electron chi connectivity index (χ0n) is 10.7. The third-order valence-electron chi connectivity index (χ3n) is 2.68. The maximum absolute atomic E-state index is 14.0. The molecule has 7 heteroatoms. The molecule has 0 amide bonds. The highest BCUT2D eigenvalue weighted by Gasteiger charge is 2.32. The van der Waals surface area contributed by atoms with Gasteiger partial charge in [0, 0.05) is 5.56 Å². The molecule has 2 aromatic rings. The van der Waals surface area contributed by atoms with E-state index in [-0.39, 0.29) is 16.9 Å². The van der Waals surface area contributed by atoms with Crippen molar-refractivity contribution in [3.8, 4) is 28.4 Å². The molecule has 0 aliphatic carbocycles. The second-order valence-corrected chi connectivity index (χ2v) is 4.05. The van der Waals surface area contributed by atoms with Gasteiger partial charge < -0.3 is 14.6 Å². The van der Waals surface area contributed by atoms with Crippen LogP contribution in [0, 0.1) is 5.82 Å². The number of phenols is 1. The molecule has 21 heavy (non-hydrogen) atoms. The third kappa shape index (κ3) is 3.36. The molecule has 3 nitrogen and oxygen atoms in total. The van der Waals surface area contributed by atoms with E-state index in [9.17, 15) is 22.7 Å². The Morgan fingerprint density at radius 1 is 1.05 bits per heavy atom. The molecule has 0 aliphatic heterocycles. The van der Waals surface area contributed by atoms with Gasteiger partial charge in [-0.05, 0) is 23.8 Å². The Bertz CT molecular complexity index is 653. The smallest absolute Gasteiger partial charge is 0.504 e. The van der Waals surface area contributed by atoms with Gasteiger partial charge in [-0.2, -0.15) is 0 Å². The van der Waals surface area contributed by atoms with Crippen molar-refractivity contribution < 1.29 is 32.1 Å². The molecule has 0 heterocycles. The van der Waals surface area contributed by atoms with E-state index in [2.05, 4.69) is 4.74 Å². The van der Waals surface area contributed by atoms with Crippen LogP contribution < -0.4 is 9.47 Å². The highest BCUT2D eigenvalue weighted by atomic mass is 19.4. The summed E-state index contributed by atoms with van der Waals surface area (Å²) >= 11 is 0. The molecular formula is C14H10F4O3. The fraction of sp³-hybridized carbons (Fsp3) is 0.143. The lowest BCUT2D eigenvalue weighted by Crippen LogP contribution is -2.17. The van der Waals surface area contributed by atoms with Crippen LogP contribution in [0.5, 0.6) is 17.2 Å². The molecule has 0 radical (unpaired) electrons. The van der Waals surface area contributed by atoms with Gasteiger partial charge in [-0.1, -0.05) is 18.2 Å². The Labute approximate surface area is 117 Å². The van der Waals surface area contributed by atoms with E-state index in [1.165, 1.54) is 31.4 Å². The number of ether oxygens (including phenoxy) is 2. The van der Waals surface area contributed by atoms with E-state index in [1.54, 1.807) is 0 Å². The highest BCUT2D eigenvalue weighted by molar-refractivity contribution is 5.69. The number of halogens is 4. The first-order valence-corrected chi connectivity index (χ1v) is 5.73. The van der Waals surface area contributed by atoms with Crippen molar-refractivity contribution in [1.29, 1.82) is 0 Å². The van der Waals surface area contributed by atoms with Crippen molar-refractivity contribution in [2.75, 3.05) is 7.11 Å². The van der Waals surface area contributed by atoms with Crippen LogP contribution >= 0.6 is 0 Å². The number of hydrogen-bond donors (Lipinski definition) is 1. The molecule has 2 rings (SSSR count). The van der Waals surface area contributed by atoms with Crippen LogP contribution in [-0.4, -0.2) is 18.6 Å². The maximum Gasteiger partial charge on any atom is 0.573 e. The normalized spacial score (nSPS) is 11.3. The van der Waals surface area contributed by atoms with Crippen molar-refractivity contribution in [3.05, 3.63) is 42.2 Å². The molecule has 0 bridgehead atoms. The number of hydrogen-bond acceptors (Lipinski definition) is 3. The first kappa shape index (κ1) is 15.0. The Balaban J connectivity index is 2.41. The van der Waals surface area contributed by atoms with Crippen molar-refractivity contribution in [1.82, 2.24) is 0 Å². The Morgan fingerprint density at radius 2 is 1.76 bits per heavy atom. The molecule has 0 aromatic heterocycles. The predicted octanol–water partition coefficient (Wildman–Crippen LogP) is 4.11. The van der Waals surface area contributed by atoms with Crippen LogP contribution in [0.1, 0.15) is 0 Å². The highest BCUT2D eigenvalue weighted by Crippen LogP contribution is 2.36. The van der Waals surface area contributed by atoms with Gasteiger partial charge in [0.25, 0.3) is 0 Å². The summed E-state index contributed by atoms with van der Waals surface area (Å²) < 4.78 is 58.8. The minimum atomic E-state index is -4.92. The third-order valence-corrected chi connectivity index (χ3v) is 2.68. The summed E-state index contributed by atoms with van der Waals surface area (Å²) in [4.78, 5) is 0.